The van der Waals surface area contributed by atoms with E-state index in [-0.39, 0.29) is 35.3 Å². The molecule has 0 saturated heterocycles. The lowest BCUT2D eigenvalue weighted by Gasteiger charge is -2.32. The lowest BCUT2D eigenvalue weighted by atomic mass is 9.90. The van der Waals surface area contributed by atoms with E-state index in [0.29, 0.717) is 0 Å². The second-order valence-electron chi connectivity index (χ2n) is 8.52. The van der Waals surface area contributed by atoms with Gasteiger partial charge in [-0.1, -0.05) is 71.8 Å². The molecular formula is C26H28N2O4S2. The number of nitrogens with zero attached hydrogens (tertiary/aromatic N) is 1. The maximum absolute atomic E-state index is 13.3. The molecule has 8 heteroatoms. The number of nitrogens with one attached hydrogen (secondary N) is 1. The number of rotatable bonds is 7. The van der Waals surface area contributed by atoms with Crippen LogP contribution in [-0.2, 0) is 20.0 Å². The molecule has 0 aliphatic carbocycles. The van der Waals surface area contributed by atoms with E-state index < -0.39 is 20.0 Å². The number of hydrogen-bond acceptors (Lipinski definition) is 4. The molecule has 178 valence electrons. The Labute approximate surface area is 202 Å². The zero-order valence-corrected chi connectivity index (χ0v) is 20.8. The Morgan fingerprint density at radius 3 is 1.94 bits per heavy atom. The van der Waals surface area contributed by atoms with Crippen molar-refractivity contribution in [2.24, 2.45) is 5.92 Å². The van der Waals surface area contributed by atoms with Crippen LogP contribution in [0.2, 0.25) is 0 Å². The maximum Gasteiger partial charge on any atom is 0.243 e. The molecule has 4 rings (SSSR count). The first kappa shape index (κ1) is 24.3. The molecular weight excluding hydrogens is 468 g/mol. The quantitative estimate of drug-likeness (QED) is 0.536. The molecule has 34 heavy (non-hydrogen) atoms. The van der Waals surface area contributed by atoms with E-state index in [1.165, 1.54) is 4.31 Å². The molecule has 0 spiro atoms. The van der Waals surface area contributed by atoms with Gasteiger partial charge in [-0.05, 0) is 49.2 Å². The van der Waals surface area contributed by atoms with Crippen LogP contribution in [-0.4, -0.2) is 40.8 Å². The second kappa shape index (κ2) is 9.84. The van der Waals surface area contributed by atoms with E-state index in [1.807, 2.05) is 50.3 Å². The van der Waals surface area contributed by atoms with Crippen LogP contribution in [0.15, 0.2) is 94.7 Å². The zero-order valence-electron chi connectivity index (χ0n) is 19.2. The van der Waals surface area contributed by atoms with Crippen molar-refractivity contribution < 1.29 is 16.8 Å². The SMILES string of the molecule is Cc1ccc(S(=O)(=O)NC[C@H]2CN(S(=O)(=O)c3ccc(C)cc3)CC=C2c2ccccc2)cc1. The Morgan fingerprint density at radius 2 is 1.35 bits per heavy atom. The van der Waals surface area contributed by atoms with E-state index in [1.54, 1.807) is 48.5 Å². The van der Waals surface area contributed by atoms with Gasteiger partial charge in [0.1, 0.15) is 0 Å². The normalized spacial score (nSPS) is 17.4. The van der Waals surface area contributed by atoms with Crippen LogP contribution < -0.4 is 4.72 Å². The smallest absolute Gasteiger partial charge is 0.210 e. The molecule has 0 amide bonds. The van der Waals surface area contributed by atoms with Crippen LogP contribution in [0.4, 0.5) is 0 Å². The van der Waals surface area contributed by atoms with Crippen molar-refractivity contribution in [3.05, 3.63) is 102 Å². The third-order valence-electron chi connectivity index (χ3n) is 6.00. The summed E-state index contributed by atoms with van der Waals surface area (Å²) in [6, 6.07) is 23.1. The molecule has 1 aliphatic rings. The minimum atomic E-state index is -3.74. The van der Waals surface area contributed by atoms with Gasteiger partial charge in [0.25, 0.3) is 0 Å². The summed E-state index contributed by atoms with van der Waals surface area (Å²) in [6.45, 7) is 4.28. The summed E-state index contributed by atoms with van der Waals surface area (Å²) in [7, 11) is -7.45. The Balaban J connectivity index is 1.62. The standard InChI is InChI=1S/C26H28N2O4S2/c1-20-8-12-24(13-9-20)33(29,30)27-18-23-19-28(17-16-26(23)22-6-4-3-5-7-22)34(31,32)25-14-10-21(2)11-15-25/h3-16,23,27H,17-19H2,1-2H3/t23-/m0/s1. The van der Waals surface area contributed by atoms with Crippen LogP contribution in [0, 0.1) is 19.8 Å². The third-order valence-corrected chi connectivity index (χ3v) is 9.28. The summed E-state index contributed by atoms with van der Waals surface area (Å²) in [4.78, 5) is 0.414. The maximum atomic E-state index is 13.3. The molecule has 1 aliphatic heterocycles. The Morgan fingerprint density at radius 1 is 0.794 bits per heavy atom. The lowest BCUT2D eigenvalue weighted by Crippen LogP contribution is -2.43. The Bertz CT molecular complexity index is 1380. The Hall–Kier alpha value is -2.78. The van der Waals surface area contributed by atoms with E-state index in [9.17, 15) is 16.8 Å². The second-order valence-corrected chi connectivity index (χ2v) is 12.2. The first-order valence-corrected chi connectivity index (χ1v) is 14.0. The zero-order chi connectivity index (χ0) is 24.3. The van der Waals surface area contributed by atoms with Gasteiger partial charge in [-0.25, -0.2) is 21.6 Å². The summed E-state index contributed by atoms with van der Waals surface area (Å²) in [6.07, 6.45) is 1.88. The first-order chi connectivity index (χ1) is 16.2. The van der Waals surface area contributed by atoms with Crippen molar-refractivity contribution in [1.82, 2.24) is 9.03 Å². The first-order valence-electron chi connectivity index (χ1n) is 11.1. The number of benzene rings is 3. The molecule has 3 aromatic carbocycles. The average Bonchev–Trinajstić information content (AvgIpc) is 2.84. The molecule has 6 nitrogen and oxygen atoms in total. The molecule has 0 saturated carbocycles. The van der Waals surface area contributed by atoms with Gasteiger partial charge < -0.3 is 0 Å². The molecule has 3 aromatic rings. The van der Waals surface area contributed by atoms with E-state index >= 15 is 0 Å². The molecule has 1 atom stereocenters. The van der Waals surface area contributed by atoms with E-state index in [0.717, 1.165) is 22.3 Å². The van der Waals surface area contributed by atoms with Gasteiger partial charge in [-0.15, -0.1) is 0 Å². The van der Waals surface area contributed by atoms with Crippen molar-refractivity contribution in [3.63, 3.8) is 0 Å². The summed E-state index contributed by atoms with van der Waals surface area (Å²) in [5.74, 6) is -0.350. The van der Waals surface area contributed by atoms with Gasteiger partial charge in [-0.2, -0.15) is 4.31 Å². The molecule has 0 unspecified atom stereocenters. The molecule has 0 aromatic heterocycles. The van der Waals surface area contributed by atoms with Crippen molar-refractivity contribution >= 4 is 25.6 Å². The van der Waals surface area contributed by atoms with Crippen molar-refractivity contribution in [1.29, 1.82) is 0 Å². The molecule has 1 heterocycles. The summed E-state index contributed by atoms with van der Waals surface area (Å²) in [5.41, 5.74) is 3.83. The Kier molecular flexibility index (Phi) is 7.04. The predicted molar refractivity (Wildman–Crippen MR) is 134 cm³/mol. The fourth-order valence-electron chi connectivity index (χ4n) is 4.01. The molecule has 0 fully saturated rings. The highest BCUT2D eigenvalue weighted by molar-refractivity contribution is 7.89. The lowest BCUT2D eigenvalue weighted by molar-refractivity contribution is 0.388. The van der Waals surface area contributed by atoms with Crippen LogP contribution in [0.25, 0.3) is 5.57 Å². The molecule has 0 bridgehead atoms. The highest BCUT2D eigenvalue weighted by Crippen LogP contribution is 2.31. The predicted octanol–water partition coefficient (Wildman–Crippen LogP) is 3.99. The minimum Gasteiger partial charge on any atom is -0.210 e. The average molecular weight is 497 g/mol. The number of aryl methyl sites for hydroxylation is 2. The van der Waals surface area contributed by atoms with E-state index in [4.69, 9.17) is 0 Å². The van der Waals surface area contributed by atoms with Gasteiger partial charge in [0.05, 0.1) is 9.79 Å². The van der Waals surface area contributed by atoms with Gasteiger partial charge in [-0.3, -0.25) is 0 Å². The summed E-state index contributed by atoms with van der Waals surface area (Å²) in [5, 5.41) is 0. The number of hydrogen-bond donors (Lipinski definition) is 1. The monoisotopic (exact) mass is 496 g/mol. The van der Waals surface area contributed by atoms with Gasteiger partial charge in [0.2, 0.25) is 20.0 Å². The van der Waals surface area contributed by atoms with Gasteiger partial charge in [0, 0.05) is 25.6 Å². The van der Waals surface area contributed by atoms with Crippen molar-refractivity contribution in [3.8, 4) is 0 Å². The fourth-order valence-corrected chi connectivity index (χ4v) is 6.52. The number of sulfonamides is 2. The topological polar surface area (TPSA) is 83.6 Å². The van der Waals surface area contributed by atoms with Crippen molar-refractivity contribution in [2.45, 2.75) is 23.6 Å². The fraction of sp³-hybridized carbons (Fsp3) is 0.231. The molecule has 1 N–H and O–H groups in total. The van der Waals surface area contributed by atoms with Crippen LogP contribution in [0.1, 0.15) is 16.7 Å². The van der Waals surface area contributed by atoms with E-state index in [2.05, 4.69) is 4.72 Å². The van der Waals surface area contributed by atoms with Crippen LogP contribution >= 0.6 is 0 Å². The highest BCUT2D eigenvalue weighted by atomic mass is 32.2. The highest BCUT2D eigenvalue weighted by Gasteiger charge is 2.32. The third kappa shape index (κ3) is 5.31. The van der Waals surface area contributed by atoms with Crippen molar-refractivity contribution in [2.75, 3.05) is 19.6 Å². The van der Waals surface area contributed by atoms with Crippen LogP contribution in [0.3, 0.4) is 0 Å². The summed E-state index contributed by atoms with van der Waals surface area (Å²) < 4.78 is 56.5. The largest absolute Gasteiger partial charge is 0.243 e. The minimum absolute atomic E-state index is 0.0802. The summed E-state index contributed by atoms with van der Waals surface area (Å²) >= 11 is 0. The van der Waals surface area contributed by atoms with Gasteiger partial charge >= 0.3 is 0 Å². The van der Waals surface area contributed by atoms with Crippen LogP contribution in [0.5, 0.6) is 0 Å². The van der Waals surface area contributed by atoms with Gasteiger partial charge in [0.15, 0.2) is 0 Å². The molecule has 0 radical (unpaired) electrons.